The molecule has 11 nitrogen and oxygen atoms in total. The van der Waals surface area contributed by atoms with Gasteiger partial charge in [-0.2, -0.15) is 0 Å². The highest BCUT2D eigenvalue weighted by atomic mass is 35.5. The third kappa shape index (κ3) is 5.76. The fourth-order valence-corrected chi connectivity index (χ4v) is 3.57. The summed E-state index contributed by atoms with van der Waals surface area (Å²) in [5.41, 5.74) is 12.6. The molecule has 2 aromatic rings. The lowest BCUT2D eigenvalue weighted by molar-refractivity contribution is -0.118. The van der Waals surface area contributed by atoms with E-state index in [9.17, 15) is 14.4 Å². The van der Waals surface area contributed by atoms with Crippen molar-refractivity contribution < 1.29 is 19.1 Å². The SMILES string of the molecule is NC(=O)CN1C(=O)NC(Nc2ccc(OC3C=CCNN3)cc2)N(Cc2ccc(Cl)cc2)C1=O. The number of halogens is 1. The second-order valence-electron chi connectivity index (χ2n) is 7.60. The van der Waals surface area contributed by atoms with Crippen molar-refractivity contribution in [2.75, 3.05) is 18.4 Å². The van der Waals surface area contributed by atoms with Crippen LogP contribution in [0.4, 0.5) is 15.3 Å². The molecule has 2 aromatic carbocycles. The van der Waals surface area contributed by atoms with Crippen LogP contribution in [0.15, 0.2) is 60.7 Å². The molecule has 4 rings (SSSR count). The summed E-state index contributed by atoms with van der Waals surface area (Å²) in [6.07, 6.45) is 2.68. The molecular weight excluding hydrogens is 462 g/mol. The van der Waals surface area contributed by atoms with Gasteiger partial charge in [-0.3, -0.25) is 20.4 Å². The molecule has 0 aliphatic carbocycles. The van der Waals surface area contributed by atoms with E-state index in [1.807, 2.05) is 12.2 Å². The van der Waals surface area contributed by atoms with Gasteiger partial charge >= 0.3 is 12.1 Å². The second kappa shape index (κ2) is 10.4. The summed E-state index contributed by atoms with van der Waals surface area (Å²) in [5, 5.41) is 6.40. The summed E-state index contributed by atoms with van der Waals surface area (Å²) in [7, 11) is 0. The van der Waals surface area contributed by atoms with Crippen LogP contribution in [0.3, 0.4) is 0 Å². The average Bonchev–Trinajstić information content (AvgIpc) is 2.82. The maximum atomic E-state index is 13.1. The molecule has 0 saturated carbocycles. The Morgan fingerprint density at radius 2 is 1.88 bits per heavy atom. The molecule has 6 N–H and O–H groups in total. The Labute approximate surface area is 200 Å². The van der Waals surface area contributed by atoms with Gasteiger partial charge in [-0.25, -0.2) is 19.9 Å². The monoisotopic (exact) mass is 485 g/mol. The Bertz CT molecular complexity index is 1080. The van der Waals surface area contributed by atoms with E-state index in [2.05, 4.69) is 21.5 Å². The molecule has 2 aliphatic rings. The predicted molar refractivity (Wildman–Crippen MR) is 125 cm³/mol. The van der Waals surface area contributed by atoms with Gasteiger partial charge < -0.3 is 15.8 Å². The lowest BCUT2D eigenvalue weighted by Crippen LogP contribution is -2.67. The number of urea groups is 2. The minimum atomic E-state index is -0.876. The normalized spacial score (nSPS) is 20.1. The van der Waals surface area contributed by atoms with Crippen LogP contribution in [-0.2, 0) is 11.3 Å². The van der Waals surface area contributed by atoms with Crippen LogP contribution >= 0.6 is 11.6 Å². The summed E-state index contributed by atoms with van der Waals surface area (Å²) < 4.78 is 5.81. The quantitative estimate of drug-likeness (QED) is 0.357. The van der Waals surface area contributed by atoms with Gasteiger partial charge in [0.2, 0.25) is 5.91 Å². The van der Waals surface area contributed by atoms with Gasteiger partial charge in [0.05, 0.1) is 6.54 Å². The molecule has 5 amide bonds. The van der Waals surface area contributed by atoms with E-state index < -0.39 is 30.8 Å². The first kappa shape index (κ1) is 23.4. The summed E-state index contributed by atoms with van der Waals surface area (Å²) in [5.74, 6) is -0.166. The van der Waals surface area contributed by atoms with E-state index in [-0.39, 0.29) is 12.8 Å². The van der Waals surface area contributed by atoms with Gasteiger partial charge in [-0.1, -0.05) is 29.8 Å². The fourth-order valence-electron chi connectivity index (χ4n) is 3.44. The van der Waals surface area contributed by atoms with Crippen LogP contribution in [0.5, 0.6) is 5.75 Å². The zero-order chi connectivity index (χ0) is 24.1. The summed E-state index contributed by atoms with van der Waals surface area (Å²) >= 11 is 5.96. The molecule has 2 aliphatic heterocycles. The number of hydrazine groups is 1. The number of hydrogen-bond acceptors (Lipinski definition) is 7. The van der Waals surface area contributed by atoms with E-state index in [4.69, 9.17) is 22.1 Å². The summed E-state index contributed by atoms with van der Waals surface area (Å²) in [6.45, 7) is 0.341. The van der Waals surface area contributed by atoms with E-state index in [0.717, 1.165) is 17.0 Å². The smallest absolute Gasteiger partial charge is 0.332 e. The van der Waals surface area contributed by atoms with E-state index >= 15 is 0 Å². The highest BCUT2D eigenvalue weighted by molar-refractivity contribution is 6.30. The molecule has 2 heterocycles. The number of nitrogens with zero attached hydrogens (tertiary/aromatic N) is 2. The Balaban J connectivity index is 1.50. The van der Waals surface area contributed by atoms with Crippen molar-refractivity contribution >= 4 is 35.3 Å². The highest BCUT2D eigenvalue weighted by Crippen LogP contribution is 2.21. The van der Waals surface area contributed by atoms with Crippen LogP contribution in [0, 0.1) is 0 Å². The summed E-state index contributed by atoms with van der Waals surface area (Å²) in [4.78, 5) is 39.2. The van der Waals surface area contributed by atoms with Gasteiger partial charge in [0.25, 0.3) is 0 Å². The molecule has 0 spiro atoms. The Morgan fingerprint density at radius 3 is 2.53 bits per heavy atom. The first-order chi connectivity index (χ1) is 16.4. The number of primary amides is 1. The summed E-state index contributed by atoms with van der Waals surface area (Å²) in [6, 6.07) is 12.6. The first-order valence-electron chi connectivity index (χ1n) is 10.5. The number of amides is 5. The van der Waals surface area contributed by atoms with Crippen LogP contribution in [0.2, 0.25) is 5.02 Å². The number of benzene rings is 2. The number of hydrogen-bond donors (Lipinski definition) is 5. The number of rotatable bonds is 8. The molecule has 34 heavy (non-hydrogen) atoms. The first-order valence-corrected chi connectivity index (χ1v) is 10.9. The zero-order valence-electron chi connectivity index (χ0n) is 18.0. The third-order valence-corrected chi connectivity index (χ3v) is 5.32. The van der Waals surface area contributed by atoms with Crippen LogP contribution < -0.4 is 32.0 Å². The molecular formula is C22H24ClN7O4. The maximum absolute atomic E-state index is 13.1. The van der Waals surface area contributed by atoms with Gasteiger partial charge in [0.15, 0.2) is 12.5 Å². The largest absolute Gasteiger partial charge is 0.471 e. The van der Waals surface area contributed by atoms with E-state index in [0.29, 0.717) is 16.5 Å². The lowest BCUT2D eigenvalue weighted by atomic mass is 10.2. The minimum Gasteiger partial charge on any atom is -0.471 e. The maximum Gasteiger partial charge on any atom is 0.332 e. The fraction of sp³-hybridized carbons (Fsp3) is 0.227. The van der Waals surface area contributed by atoms with E-state index in [1.54, 1.807) is 48.5 Å². The Morgan fingerprint density at radius 1 is 1.15 bits per heavy atom. The minimum absolute atomic E-state index is 0.150. The molecule has 12 heteroatoms. The van der Waals surface area contributed by atoms with Crippen LogP contribution in [0.1, 0.15) is 5.56 Å². The number of nitrogens with one attached hydrogen (secondary N) is 4. The number of anilines is 1. The number of carbonyl (C=O) groups is 3. The number of nitrogens with two attached hydrogens (primary N) is 1. The topological polar surface area (TPSA) is 141 Å². The molecule has 0 aromatic heterocycles. The molecule has 1 saturated heterocycles. The van der Waals surface area contributed by atoms with Gasteiger partial charge in [0.1, 0.15) is 12.3 Å². The lowest BCUT2D eigenvalue weighted by Gasteiger charge is -2.41. The van der Waals surface area contributed by atoms with Crippen LogP contribution in [0.25, 0.3) is 0 Å². The van der Waals surface area contributed by atoms with Gasteiger partial charge in [-0.05, 0) is 48.0 Å². The zero-order valence-corrected chi connectivity index (χ0v) is 18.8. The highest BCUT2D eigenvalue weighted by Gasteiger charge is 2.39. The molecule has 2 unspecified atom stereocenters. The third-order valence-electron chi connectivity index (χ3n) is 5.07. The van der Waals surface area contributed by atoms with E-state index in [1.165, 1.54) is 4.90 Å². The van der Waals surface area contributed by atoms with Crippen LogP contribution in [-0.4, -0.2) is 53.4 Å². The number of carbonyl (C=O) groups excluding carboxylic acids is 3. The molecule has 0 radical (unpaired) electrons. The van der Waals surface area contributed by atoms with Crippen molar-refractivity contribution in [2.45, 2.75) is 19.1 Å². The van der Waals surface area contributed by atoms with Crippen molar-refractivity contribution in [2.24, 2.45) is 5.73 Å². The molecule has 2 atom stereocenters. The van der Waals surface area contributed by atoms with Crippen molar-refractivity contribution in [1.82, 2.24) is 26.0 Å². The molecule has 0 bridgehead atoms. The molecule has 178 valence electrons. The number of imide groups is 1. The Hall–Kier alpha value is -3.80. The molecule has 1 fully saturated rings. The van der Waals surface area contributed by atoms with Crippen molar-refractivity contribution in [3.05, 3.63) is 71.3 Å². The van der Waals surface area contributed by atoms with Crippen molar-refractivity contribution in [1.29, 1.82) is 0 Å². The Kier molecular flexibility index (Phi) is 7.16. The predicted octanol–water partition coefficient (Wildman–Crippen LogP) is 1.54. The second-order valence-corrected chi connectivity index (χ2v) is 8.04. The van der Waals surface area contributed by atoms with Crippen molar-refractivity contribution in [3.8, 4) is 5.75 Å². The van der Waals surface area contributed by atoms with Gasteiger partial charge in [-0.15, -0.1) is 0 Å². The van der Waals surface area contributed by atoms with Crippen molar-refractivity contribution in [3.63, 3.8) is 0 Å². The number of ether oxygens (including phenoxy) is 1. The van der Waals surface area contributed by atoms with Gasteiger partial charge in [0, 0.05) is 17.3 Å². The average molecular weight is 486 g/mol. The standard InChI is InChI=1S/C22H24ClN7O4/c23-15-5-3-14(4-6-15)12-29-20(27-21(32)30(22(29)33)13-18(24)31)26-16-7-9-17(10-8-16)34-19-2-1-11-25-28-19/h1-10,19-20,25-26,28H,11-13H2,(H2,24,31)(H,27,32).